The Morgan fingerprint density at radius 1 is 0.875 bits per heavy atom. The molecule has 1 aromatic heterocycles. The van der Waals surface area contributed by atoms with E-state index in [0.717, 1.165) is 16.7 Å². The molecule has 4 aromatic rings. The lowest BCUT2D eigenvalue weighted by Gasteiger charge is -2.06. The quantitative estimate of drug-likeness (QED) is 0.252. The summed E-state index contributed by atoms with van der Waals surface area (Å²) in [6, 6.07) is 26.2. The van der Waals surface area contributed by atoms with E-state index < -0.39 is 0 Å². The minimum atomic E-state index is -0.387. The van der Waals surface area contributed by atoms with Crippen molar-refractivity contribution in [1.29, 1.82) is 0 Å². The van der Waals surface area contributed by atoms with Crippen LogP contribution < -0.4 is 10.2 Å². The van der Waals surface area contributed by atoms with Gasteiger partial charge in [-0.3, -0.25) is 4.79 Å². The molecule has 160 valence electrons. The van der Waals surface area contributed by atoms with Gasteiger partial charge >= 0.3 is 0 Å². The van der Waals surface area contributed by atoms with Crippen molar-refractivity contribution < 1.29 is 13.9 Å². The Bertz CT molecular complexity index is 1220. The maximum Gasteiger partial charge on any atom is 0.277 e. The van der Waals surface area contributed by atoms with Crippen LogP contribution in [-0.4, -0.2) is 18.7 Å². The molecule has 0 atom stereocenters. The van der Waals surface area contributed by atoms with Crippen molar-refractivity contribution in [2.75, 3.05) is 6.61 Å². The van der Waals surface area contributed by atoms with E-state index in [2.05, 4.69) is 10.5 Å². The number of benzene rings is 3. The molecule has 0 fully saturated rings. The highest BCUT2D eigenvalue weighted by molar-refractivity contribution is 6.35. The highest BCUT2D eigenvalue weighted by Crippen LogP contribution is 2.28. The molecule has 0 saturated heterocycles. The Morgan fingerprint density at radius 3 is 2.28 bits per heavy atom. The zero-order chi connectivity index (χ0) is 22.3. The summed E-state index contributed by atoms with van der Waals surface area (Å²) in [4.78, 5) is 12.0. The smallest absolute Gasteiger partial charge is 0.277 e. The van der Waals surface area contributed by atoms with Gasteiger partial charge in [-0.1, -0.05) is 65.7 Å². The molecule has 1 N–H and O–H groups in total. The zero-order valence-electron chi connectivity index (χ0n) is 16.8. The van der Waals surface area contributed by atoms with Crippen molar-refractivity contribution in [2.24, 2.45) is 5.10 Å². The lowest BCUT2D eigenvalue weighted by molar-refractivity contribution is -0.123. The van der Waals surface area contributed by atoms with Crippen LogP contribution in [0.1, 0.15) is 5.76 Å². The number of hydrogen-bond acceptors (Lipinski definition) is 4. The molecule has 0 aliphatic rings. The van der Waals surface area contributed by atoms with Gasteiger partial charge in [-0.2, -0.15) is 5.10 Å². The maximum atomic E-state index is 12.0. The van der Waals surface area contributed by atoms with Gasteiger partial charge < -0.3 is 9.15 Å². The predicted octanol–water partition coefficient (Wildman–Crippen LogP) is 6.45. The third-order valence-corrected chi connectivity index (χ3v) is 4.92. The van der Waals surface area contributed by atoms with Crippen LogP contribution in [0.3, 0.4) is 0 Å². The molecule has 7 heteroatoms. The number of ether oxygens (including phenoxy) is 1. The molecule has 1 heterocycles. The molecule has 3 aromatic carbocycles. The molecule has 0 radical (unpaired) electrons. The van der Waals surface area contributed by atoms with E-state index in [1.54, 1.807) is 30.3 Å². The minimum absolute atomic E-state index is 0.160. The lowest BCUT2D eigenvalue weighted by Crippen LogP contribution is -2.24. The first-order chi connectivity index (χ1) is 15.6. The van der Waals surface area contributed by atoms with Crippen LogP contribution in [0.5, 0.6) is 5.75 Å². The largest absolute Gasteiger partial charge is 0.484 e. The van der Waals surface area contributed by atoms with Crippen molar-refractivity contribution in [3.8, 4) is 28.2 Å². The first kappa shape index (κ1) is 21.7. The fraction of sp³-hybridized carbons (Fsp3) is 0.0400. The Morgan fingerprint density at radius 2 is 1.56 bits per heavy atom. The molecule has 1 amide bonds. The highest BCUT2D eigenvalue weighted by atomic mass is 35.5. The van der Waals surface area contributed by atoms with Crippen molar-refractivity contribution in [3.63, 3.8) is 0 Å². The molecule has 32 heavy (non-hydrogen) atoms. The molecule has 4 rings (SSSR count). The fourth-order valence-corrected chi connectivity index (χ4v) is 3.52. The van der Waals surface area contributed by atoms with Gasteiger partial charge in [0.05, 0.1) is 6.21 Å². The van der Waals surface area contributed by atoms with Crippen LogP contribution in [0.15, 0.2) is 94.4 Å². The van der Waals surface area contributed by atoms with Gasteiger partial charge in [-0.05, 0) is 53.6 Å². The van der Waals surface area contributed by atoms with Crippen molar-refractivity contribution in [1.82, 2.24) is 5.43 Å². The topological polar surface area (TPSA) is 63.8 Å². The number of nitrogens with zero attached hydrogens (tertiary/aromatic N) is 1. The van der Waals surface area contributed by atoms with E-state index in [9.17, 15) is 4.79 Å². The normalized spacial score (nSPS) is 10.9. The molecule has 0 spiro atoms. The number of halogens is 2. The minimum Gasteiger partial charge on any atom is -0.484 e. The van der Waals surface area contributed by atoms with Gasteiger partial charge in [-0.15, -0.1) is 0 Å². The van der Waals surface area contributed by atoms with Crippen molar-refractivity contribution >= 4 is 35.3 Å². The van der Waals surface area contributed by atoms with Crippen molar-refractivity contribution in [3.05, 3.63) is 101 Å². The summed E-state index contributed by atoms with van der Waals surface area (Å²) in [7, 11) is 0. The summed E-state index contributed by atoms with van der Waals surface area (Å²) in [5.74, 6) is 1.26. The van der Waals surface area contributed by atoms with Gasteiger partial charge in [0.15, 0.2) is 6.61 Å². The molecular formula is C25H18Cl2N2O3. The second-order valence-corrected chi connectivity index (χ2v) is 7.71. The number of hydrogen-bond donors (Lipinski definition) is 1. The first-order valence-corrected chi connectivity index (χ1v) is 10.5. The Hall–Kier alpha value is -3.54. The SMILES string of the molecule is O=C(COc1ccc(-c2ccccc2)cc1)NN=Cc1ccc(-c2cc(Cl)cc(Cl)c2)o1. The average molecular weight is 465 g/mol. The molecule has 0 bridgehead atoms. The molecule has 0 aliphatic carbocycles. The summed E-state index contributed by atoms with van der Waals surface area (Å²) < 4.78 is 11.2. The van der Waals surface area contributed by atoms with Gasteiger partial charge in [0.25, 0.3) is 5.91 Å². The molecular weight excluding hydrogens is 447 g/mol. The standard InChI is InChI=1S/C25H18Cl2N2O3/c26-20-12-19(13-21(27)14-20)24-11-10-23(32-24)15-28-29-25(30)16-31-22-8-6-18(7-9-22)17-4-2-1-3-5-17/h1-15H,16H2,(H,29,30). The van der Waals surface area contributed by atoms with E-state index in [1.165, 1.54) is 6.21 Å². The zero-order valence-corrected chi connectivity index (χ0v) is 18.3. The van der Waals surface area contributed by atoms with E-state index in [-0.39, 0.29) is 12.5 Å². The summed E-state index contributed by atoms with van der Waals surface area (Å²) in [6.07, 6.45) is 1.40. The van der Waals surface area contributed by atoms with Gasteiger partial charge in [-0.25, -0.2) is 5.43 Å². The number of nitrogens with one attached hydrogen (secondary N) is 1. The van der Waals surface area contributed by atoms with Crippen LogP contribution in [-0.2, 0) is 4.79 Å². The van der Waals surface area contributed by atoms with Crippen LogP contribution in [0.2, 0.25) is 10.0 Å². The molecule has 5 nitrogen and oxygen atoms in total. The second-order valence-electron chi connectivity index (χ2n) is 6.83. The number of carbonyl (C=O) groups excluding carboxylic acids is 1. The summed E-state index contributed by atoms with van der Waals surface area (Å²) in [5, 5.41) is 4.93. The van der Waals surface area contributed by atoms with Crippen LogP contribution in [0.25, 0.3) is 22.5 Å². The van der Waals surface area contributed by atoms with Crippen molar-refractivity contribution in [2.45, 2.75) is 0 Å². The Kier molecular flexibility index (Phi) is 6.90. The lowest BCUT2D eigenvalue weighted by atomic mass is 10.1. The number of amides is 1. The molecule has 0 saturated carbocycles. The highest BCUT2D eigenvalue weighted by Gasteiger charge is 2.07. The summed E-state index contributed by atoms with van der Waals surface area (Å²) in [5.41, 5.74) is 5.35. The number of rotatable bonds is 7. The fourth-order valence-electron chi connectivity index (χ4n) is 3.00. The van der Waals surface area contributed by atoms with E-state index in [4.69, 9.17) is 32.4 Å². The first-order valence-electron chi connectivity index (χ1n) is 9.73. The summed E-state index contributed by atoms with van der Waals surface area (Å²) in [6.45, 7) is -0.160. The monoisotopic (exact) mass is 464 g/mol. The maximum absolute atomic E-state index is 12.0. The van der Waals surface area contributed by atoms with Gasteiger partial charge in [0.1, 0.15) is 17.3 Å². The van der Waals surface area contributed by atoms with E-state index >= 15 is 0 Å². The number of hydrazone groups is 1. The predicted molar refractivity (Wildman–Crippen MR) is 127 cm³/mol. The van der Waals surface area contributed by atoms with E-state index in [0.29, 0.717) is 27.3 Å². The van der Waals surface area contributed by atoms with Crippen LogP contribution in [0.4, 0.5) is 0 Å². The van der Waals surface area contributed by atoms with Crippen LogP contribution >= 0.6 is 23.2 Å². The molecule has 0 aliphatic heterocycles. The molecule has 0 unspecified atom stereocenters. The Labute approximate surface area is 195 Å². The summed E-state index contributed by atoms with van der Waals surface area (Å²) >= 11 is 12.0. The third-order valence-electron chi connectivity index (χ3n) is 4.49. The van der Waals surface area contributed by atoms with Crippen LogP contribution in [0, 0.1) is 0 Å². The van der Waals surface area contributed by atoms with E-state index in [1.807, 2.05) is 54.6 Å². The van der Waals surface area contributed by atoms with Gasteiger partial charge in [0.2, 0.25) is 0 Å². The number of carbonyl (C=O) groups is 1. The Balaban J connectivity index is 1.27. The number of furan rings is 1. The second kappa shape index (κ2) is 10.2. The van der Waals surface area contributed by atoms with Gasteiger partial charge in [0, 0.05) is 15.6 Å². The average Bonchev–Trinajstić information content (AvgIpc) is 3.27. The third kappa shape index (κ3) is 5.78.